The number of primary amides is 1. The number of hydrogen-bond donors (Lipinski definition) is 2. The van der Waals surface area contributed by atoms with E-state index in [1.54, 1.807) is 50.2 Å². The van der Waals surface area contributed by atoms with Crippen LogP contribution >= 0.6 is 11.6 Å². The number of benzene rings is 3. The van der Waals surface area contributed by atoms with Gasteiger partial charge >= 0.3 is 5.97 Å². The number of aliphatic carboxylic acids is 1. The summed E-state index contributed by atoms with van der Waals surface area (Å²) in [6, 6.07) is 15.0. The summed E-state index contributed by atoms with van der Waals surface area (Å²) >= 11 is 5.99. The number of nitrogens with two attached hydrogens (primary N) is 1. The Balaban J connectivity index is 2.00. The van der Waals surface area contributed by atoms with Crippen molar-refractivity contribution in [2.75, 3.05) is 0 Å². The van der Waals surface area contributed by atoms with E-state index in [0.717, 1.165) is 11.6 Å². The molecule has 0 aliphatic carbocycles. The third-order valence-corrected chi connectivity index (χ3v) is 6.27. The van der Waals surface area contributed by atoms with Crippen LogP contribution in [0.1, 0.15) is 42.6 Å². The number of amides is 2. The number of rotatable bonds is 10. The Morgan fingerprint density at radius 3 is 2.03 bits per heavy atom. The lowest BCUT2D eigenvalue weighted by molar-refractivity contribution is -0.137. The fourth-order valence-corrected chi connectivity index (χ4v) is 4.47. The van der Waals surface area contributed by atoms with Gasteiger partial charge in [-0.2, -0.15) is 0 Å². The highest BCUT2D eigenvalue weighted by Gasteiger charge is 2.39. The van der Waals surface area contributed by atoms with Crippen LogP contribution in [0.25, 0.3) is 11.1 Å². The lowest BCUT2D eigenvalue weighted by Crippen LogP contribution is -2.58. The quantitative estimate of drug-likeness (QED) is 0.364. The largest absolute Gasteiger partial charge is 0.481 e. The number of carboxylic acids is 1. The number of hydrogen-bond acceptors (Lipinski definition) is 3. The zero-order valence-corrected chi connectivity index (χ0v) is 21.1. The summed E-state index contributed by atoms with van der Waals surface area (Å²) in [5.74, 6) is -3.95. The number of carboxylic acid groups (broad SMARTS) is 1. The van der Waals surface area contributed by atoms with Crippen LogP contribution < -0.4 is 5.73 Å². The molecule has 3 N–H and O–H groups in total. The summed E-state index contributed by atoms with van der Waals surface area (Å²) in [6.45, 7) is 3.53. The van der Waals surface area contributed by atoms with E-state index in [4.69, 9.17) is 17.3 Å². The van der Waals surface area contributed by atoms with Gasteiger partial charge in [-0.3, -0.25) is 14.4 Å². The first kappa shape index (κ1) is 27.8. The van der Waals surface area contributed by atoms with Crippen LogP contribution in [0.3, 0.4) is 0 Å². The van der Waals surface area contributed by atoms with Gasteiger partial charge < -0.3 is 15.7 Å². The molecule has 2 amide bonds. The third kappa shape index (κ3) is 7.13. The van der Waals surface area contributed by atoms with Crippen LogP contribution in [0, 0.1) is 11.6 Å². The minimum atomic E-state index is -1.19. The highest BCUT2D eigenvalue weighted by molar-refractivity contribution is 6.30. The normalized spacial score (nSPS) is 12.1. The van der Waals surface area contributed by atoms with Gasteiger partial charge in [0.25, 0.3) is 5.91 Å². The van der Waals surface area contributed by atoms with Gasteiger partial charge in [-0.05, 0) is 79.8 Å². The maximum absolute atomic E-state index is 13.8. The fourth-order valence-electron chi connectivity index (χ4n) is 4.35. The lowest BCUT2D eigenvalue weighted by atomic mass is 9.89. The van der Waals surface area contributed by atoms with Crippen molar-refractivity contribution >= 4 is 29.4 Å². The van der Waals surface area contributed by atoms with Crippen LogP contribution in [0.4, 0.5) is 8.78 Å². The smallest absolute Gasteiger partial charge is 0.303 e. The van der Waals surface area contributed by atoms with Gasteiger partial charge in [0.1, 0.15) is 17.7 Å². The average Bonchev–Trinajstić information content (AvgIpc) is 2.81. The summed E-state index contributed by atoms with van der Waals surface area (Å²) in [6.07, 6.45) is -0.201. The Morgan fingerprint density at radius 1 is 0.946 bits per heavy atom. The molecule has 0 unspecified atom stereocenters. The van der Waals surface area contributed by atoms with Gasteiger partial charge in [0.15, 0.2) is 0 Å². The van der Waals surface area contributed by atoms with Gasteiger partial charge in [-0.1, -0.05) is 35.9 Å². The molecule has 0 heterocycles. The molecule has 3 aromatic rings. The van der Waals surface area contributed by atoms with Gasteiger partial charge in [-0.15, -0.1) is 0 Å². The Bertz CT molecular complexity index is 1270. The summed E-state index contributed by atoms with van der Waals surface area (Å²) < 4.78 is 27.3. The maximum Gasteiger partial charge on any atom is 0.303 e. The Kier molecular flexibility index (Phi) is 8.65. The number of nitrogens with zero attached hydrogens (tertiary/aromatic N) is 1. The molecule has 37 heavy (non-hydrogen) atoms. The van der Waals surface area contributed by atoms with E-state index >= 15 is 0 Å². The van der Waals surface area contributed by atoms with Gasteiger partial charge in [0.2, 0.25) is 5.91 Å². The second-order valence-electron chi connectivity index (χ2n) is 9.38. The van der Waals surface area contributed by atoms with E-state index in [1.165, 1.54) is 29.2 Å². The Labute approximate surface area is 218 Å². The summed E-state index contributed by atoms with van der Waals surface area (Å²) in [5.41, 5.74) is 6.53. The second-order valence-corrected chi connectivity index (χ2v) is 9.81. The van der Waals surface area contributed by atoms with Gasteiger partial charge in [0.05, 0.1) is 0 Å². The third-order valence-electron chi connectivity index (χ3n) is 6.02. The standard InChI is InChI=1S/C28H27ClF2N2O4/c1-28(2,16-17-3-9-21(29)10-4-17)33(24(26(32)36)11-12-25(34)35)27(37)19-7-5-18(6-8-19)20-13-22(30)15-23(31)14-20/h3-10,13-15,24H,11-12,16H2,1-2H3,(H2,32,36)(H,34,35)/t24-/m0/s1. The molecule has 6 nitrogen and oxygen atoms in total. The molecule has 0 bridgehead atoms. The predicted octanol–water partition coefficient (Wildman–Crippen LogP) is 5.47. The van der Waals surface area contributed by atoms with Crippen molar-refractivity contribution < 1.29 is 28.3 Å². The first-order valence-corrected chi connectivity index (χ1v) is 11.9. The lowest BCUT2D eigenvalue weighted by Gasteiger charge is -2.43. The van der Waals surface area contributed by atoms with E-state index in [9.17, 15) is 28.3 Å². The van der Waals surface area contributed by atoms with Crippen molar-refractivity contribution in [1.29, 1.82) is 0 Å². The van der Waals surface area contributed by atoms with Crippen LogP contribution in [0.2, 0.25) is 5.02 Å². The van der Waals surface area contributed by atoms with Crippen LogP contribution in [-0.2, 0) is 16.0 Å². The SMILES string of the molecule is CC(C)(Cc1ccc(Cl)cc1)N(C(=O)c1ccc(-c2cc(F)cc(F)c2)cc1)[C@@H](CCC(=O)O)C(N)=O. The minimum Gasteiger partial charge on any atom is -0.481 e. The molecule has 0 saturated heterocycles. The van der Waals surface area contributed by atoms with Crippen molar-refractivity contribution in [3.8, 4) is 11.1 Å². The van der Waals surface area contributed by atoms with Crippen molar-refractivity contribution in [3.05, 3.63) is 94.5 Å². The number of carbonyl (C=O) groups is 3. The Morgan fingerprint density at radius 2 is 1.51 bits per heavy atom. The summed E-state index contributed by atoms with van der Waals surface area (Å²) in [4.78, 5) is 38.9. The zero-order chi connectivity index (χ0) is 27.3. The molecule has 0 aromatic heterocycles. The molecule has 194 valence electrons. The Hall–Kier alpha value is -3.78. The molecule has 0 saturated carbocycles. The monoisotopic (exact) mass is 528 g/mol. The van der Waals surface area contributed by atoms with E-state index in [0.29, 0.717) is 22.6 Å². The molecule has 1 atom stereocenters. The molecule has 0 aliphatic rings. The van der Waals surface area contributed by atoms with Gasteiger partial charge in [0, 0.05) is 28.6 Å². The topological polar surface area (TPSA) is 101 Å². The second kappa shape index (κ2) is 11.5. The van der Waals surface area contributed by atoms with E-state index in [2.05, 4.69) is 0 Å². The van der Waals surface area contributed by atoms with Crippen molar-refractivity contribution in [1.82, 2.24) is 4.90 Å². The predicted molar refractivity (Wildman–Crippen MR) is 137 cm³/mol. The van der Waals surface area contributed by atoms with Crippen molar-refractivity contribution in [3.63, 3.8) is 0 Å². The molecule has 0 spiro atoms. The highest BCUT2D eigenvalue weighted by atomic mass is 35.5. The van der Waals surface area contributed by atoms with Crippen LogP contribution in [0.5, 0.6) is 0 Å². The first-order valence-electron chi connectivity index (χ1n) is 11.5. The first-order chi connectivity index (χ1) is 17.4. The van der Waals surface area contributed by atoms with Gasteiger partial charge in [-0.25, -0.2) is 8.78 Å². The maximum atomic E-state index is 13.8. The van der Waals surface area contributed by atoms with Crippen molar-refractivity contribution in [2.24, 2.45) is 5.73 Å². The van der Waals surface area contributed by atoms with Crippen LogP contribution in [-0.4, -0.2) is 39.4 Å². The molecular weight excluding hydrogens is 502 g/mol. The fraction of sp³-hybridized carbons (Fsp3) is 0.250. The molecule has 0 radical (unpaired) electrons. The molecule has 9 heteroatoms. The summed E-state index contributed by atoms with van der Waals surface area (Å²) in [5, 5.41) is 9.75. The minimum absolute atomic E-state index is 0.166. The molecule has 0 aliphatic heterocycles. The van der Waals surface area contributed by atoms with E-state index < -0.39 is 41.0 Å². The van der Waals surface area contributed by atoms with Crippen molar-refractivity contribution in [2.45, 2.75) is 44.7 Å². The molecule has 0 fully saturated rings. The number of halogens is 3. The van der Waals surface area contributed by atoms with E-state index in [-0.39, 0.29) is 18.4 Å². The molecular formula is C28H27ClF2N2O4. The summed E-state index contributed by atoms with van der Waals surface area (Å²) in [7, 11) is 0. The molecule has 3 rings (SSSR count). The van der Waals surface area contributed by atoms with Crippen LogP contribution in [0.15, 0.2) is 66.7 Å². The number of carbonyl (C=O) groups excluding carboxylic acids is 2. The zero-order valence-electron chi connectivity index (χ0n) is 20.4. The average molecular weight is 529 g/mol. The van der Waals surface area contributed by atoms with E-state index in [1.807, 2.05) is 0 Å². The molecule has 3 aromatic carbocycles. The highest BCUT2D eigenvalue weighted by Crippen LogP contribution is 2.29.